The number of morpholine rings is 1. The van der Waals surface area contributed by atoms with Crippen LogP contribution in [0.3, 0.4) is 0 Å². The predicted octanol–water partition coefficient (Wildman–Crippen LogP) is 2.72. The Kier molecular flexibility index (Phi) is 5.53. The fraction of sp³-hybridized carbons (Fsp3) is 0.444. The van der Waals surface area contributed by atoms with Gasteiger partial charge in [-0.3, -0.25) is 9.59 Å². The van der Waals surface area contributed by atoms with E-state index in [4.69, 9.17) is 16.3 Å². The molecule has 1 N–H and O–H groups in total. The zero-order chi connectivity index (χ0) is 16.9. The number of anilines is 1. The van der Waals surface area contributed by atoms with Gasteiger partial charge in [0.25, 0.3) is 0 Å². The number of carbonyl (C=O) groups is 2. The summed E-state index contributed by atoms with van der Waals surface area (Å²) in [6, 6.07) is 6.98. The summed E-state index contributed by atoms with van der Waals surface area (Å²) in [4.78, 5) is 27.3. The van der Waals surface area contributed by atoms with Gasteiger partial charge in [-0.1, -0.05) is 23.8 Å². The van der Waals surface area contributed by atoms with Gasteiger partial charge in [0, 0.05) is 23.8 Å². The molecule has 1 aromatic carbocycles. The molecule has 24 heavy (non-hydrogen) atoms. The van der Waals surface area contributed by atoms with Crippen LogP contribution in [0.2, 0.25) is 5.02 Å². The zero-order valence-corrected chi connectivity index (χ0v) is 14.2. The first-order chi connectivity index (χ1) is 11.6. The lowest BCUT2D eigenvalue weighted by atomic mass is 9.81. The lowest BCUT2D eigenvalue weighted by molar-refractivity contribution is -0.144. The fourth-order valence-electron chi connectivity index (χ4n) is 3.16. The van der Waals surface area contributed by atoms with Crippen molar-refractivity contribution < 1.29 is 14.3 Å². The number of nitrogens with zero attached hydrogens (tertiary/aromatic N) is 1. The fourth-order valence-corrected chi connectivity index (χ4v) is 3.29. The molecule has 2 aliphatic rings. The molecule has 1 fully saturated rings. The van der Waals surface area contributed by atoms with Crippen molar-refractivity contribution >= 4 is 29.1 Å². The second-order valence-electron chi connectivity index (χ2n) is 6.09. The third-order valence-corrected chi connectivity index (χ3v) is 4.77. The van der Waals surface area contributed by atoms with Gasteiger partial charge in [0.1, 0.15) is 0 Å². The van der Waals surface area contributed by atoms with Gasteiger partial charge in [-0.15, -0.1) is 0 Å². The monoisotopic (exact) mass is 348 g/mol. The molecule has 1 aliphatic carbocycles. The molecule has 2 unspecified atom stereocenters. The molecule has 6 heteroatoms. The molecule has 3 rings (SSSR count). The van der Waals surface area contributed by atoms with Crippen LogP contribution in [0, 0.1) is 11.8 Å². The van der Waals surface area contributed by atoms with Crippen molar-refractivity contribution in [2.24, 2.45) is 11.8 Å². The minimum Gasteiger partial charge on any atom is -0.378 e. The van der Waals surface area contributed by atoms with Gasteiger partial charge >= 0.3 is 0 Å². The number of rotatable bonds is 3. The van der Waals surface area contributed by atoms with Gasteiger partial charge in [-0.2, -0.15) is 0 Å². The molecule has 1 saturated heterocycles. The molecule has 1 heterocycles. The lowest BCUT2D eigenvalue weighted by Crippen LogP contribution is -2.47. The first kappa shape index (κ1) is 17.0. The van der Waals surface area contributed by atoms with Gasteiger partial charge in [0.15, 0.2) is 0 Å². The minimum atomic E-state index is -0.346. The highest BCUT2D eigenvalue weighted by Gasteiger charge is 2.36. The first-order valence-electron chi connectivity index (χ1n) is 8.23. The molecule has 0 aromatic heterocycles. The highest BCUT2D eigenvalue weighted by molar-refractivity contribution is 6.30. The van der Waals surface area contributed by atoms with Crippen LogP contribution >= 0.6 is 11.6 Å². The van der Waals surface area contributed by atoms with Crippen LogP contribution in [-0.4, -0.2) is 43.0 Å². The Balaban J connectivity index is 1.69. The molecule has 0 bridgehead atoms. The van der Waals surface area contributed by atoms with E-state index in [2.05, 4.69) is 5.32 Å². The summed E-state index contributed by atoms with van der Waals surface area (Å²) >= 11 is 5.87. The summed E-state index contributed by atoms with van der Waals surface area (Å²) in [5.41, 5.74) is 0.691. The van der Waals surface area contributed by atoms with Crippen molar-refractivity contribution in [2.45, 2.75) is 12.8 Å². The number of nitrogens with one attached hydrogen (secondary N) is 1. The molecule has 0 spiro atoms. The van der Waals surface area contributed by atoms with Crippen LogP contribution in [0.15, 0.2) is 36.4 Å². The Hall–Kier alpha value is -1.85. The van der Waals surface area contributed by atoms with Crippen molar-refractivity contribution in [3.8, 4) is 0 Å². The number of carbonyl (C=O) groups excluding carboxylic acids is 2. The van der Waals surface area contributed by atoms with Crippen molar-refractivity contribution in [1.29, 1.82) is 0 Å². The van der Waals surface area contributed by atoms with Crippen LogP contribution in [0.25, 0.3) is 0 Å². The molecular formula is C18H21ClN2O3. The summed E-state index contributed by atoms with van der Waals surface area (Å²) in [7, 11) is 0. The number of allylic oxidation sites excluding steroid dienone is 2. The van der Waals surface area contributed by atoms with Crippen LogP contribution < -0.4 is 5.32 Å². The van der Waals surface area contributed by atoms with Gasteiger partial charge < -0.3 is 15.0 Å². The van der Waals surface area contributed by atoms with Crippen molar-refractivity contribution in [2.75, 3.05) is 31.6 Å². The molecule has 2 amide bonds. The van der Waals surface area contributed by atoms with E-state index >= 15 is 0 Å². The molecular weight excluding hydrogens is 328 g/mol. The molecule has 128 valence electrons. The van der Waals surface area contributed by atoms with Gasteiger partial charge in [0.05, 0.1) is 25.0 Å². The highest BCUT2D eigenvalue weighted by atomic mass is 35.5. The minimum absolute atomic E-state index is 0.0545. The molecule has 2 atom stereocenters. The lowest BCUT2D eigenvalue weighted by Gasteiger charge is -2.34. The molecule has 0 saturated carbocycles. The summed E-state index contributed by atoms with van der Waals surface area (Å²) in [5.74, 6) is -0.714. The van der Waals surface area contributed by atoms with E-state index < -0.39 is 0 Å². The number of amides is 2. The number of benzene rings is 1. The maximum absolute atomic E-state index is 12.8. The average Bonchev–Trinajstić information content (AvgIpc) is 2.63. The average molecular weight is 349 g/mol. The number of hydrogen-bond donors (Lipinski definition) is 1. The molecule has 5 nitrogen and oxygen atoms in total. The van der Waals surface area contributed by atoms with Crippen molar-refractivity contribution in [3.63, 3.8) is 0 Å². The Morgan fingerprint density at radius 2 is 1.67 bits per heavy atom. The van der Waals surface area contributed by atoms with E-state index in [0.717, 1.165) is 0 Å². The Morgan fingerprint density at radius 3 is 2.33 bits per heavy atom. The summed E-state index contributed by atoms with van der Waals surface area (Å²) in [6.07, 6.45) is 5.17. The zero-order valence-electron chi connectivity index (χ0n) is 13.4. The van der Waals surface area contributed by atoms with E-state index in [-0.39, 0.29) is 23.7 Å². The molecule has 1 aliphatic heterocycles. The maximum atomic E-state index is 12.8. The summed E-state index contributed by atoms with van der Waals surface area (Å²) < 4.78 is 5.30. The predicted molar refractivity (Wildman–Crippen MR) is 92.8 cm³/mol. The SMILES string of the molecule is O=C(Nc1ccc(Cl)cc1)C1CC=CCC1C(=O)N1CCOCC1. The van der Waals surface area contributed by atoms with Crippen LogP contribution in [0.5, 0.6) is 0 Å². The smallest absolute Gasteiger partial charge is 0.228 e. The van der Waals surface area contributed by atoms with Gasteiger partial charge in [-0.05, 0) is 37.1 Å². The van der Waals surface area contributed by atoms with Crippen LogP contribution in [0.1, 0.15) is 12.8 Å². The second-order valence-corrected chi connectivity index (χ2v) is 6.53. The second kappa shape index (κ2) is 7.81. The first-order valence-corrected chi connectivity index (χ1v) is 8.61. The van der Waals surface area contributed by atoms with Crippen molar-refractivity contribution in [3.05, 3.63) is 41.4 Å². The molecule has 0 radical (unpaired) electrons. The van der Waals surface area contributed by atoms with Gasteiger partial charge in [0.2, 0.25) is 11.8 Å². The Labute approximate surface area is 146 Å². The molecule has 1 aromatic rings. The number of ether oxygens (including phenoxy) is 1. The van der Waals surface area contributed by atoms with Crippen LogP contribution in [-0.2, 0) is 14.3 Å². The van der Waals surface area contributed by atoms with E-state index in [1.54, 1.807) is 24.3 Å². The normalized spacial score (nSPS) is 23.8. The van der Waals surface area contributed by atoms with E-state index in [1.807, 2.05) is 17.1 Å². The van der Waals surface area contributed by atoms with E-state index in [0.29, 0.717) is 49.9 Å². The number of hydrogen-bond acceptors (Lipinski definition) is 3. The Morgan fingerprint density at radius 1 is 1.04 bits per heavy atom. The van der Waals surface area contributed by atoms with E-state index in [1.165, 1.54) is 0 Å². The summed E-state index contributed by atoms with van der Waals surface area (Å²) in [5, 5.41) is 3.52. The summed E-state index contributed by atoms with van der Waals surface area (Å²) in [6.45, 7) is 2.33. The third-order valence-electron chi connectivity index (χ3n) is 4.52. The quantitative estimate of drug-likeness (QED) is 0.854. The van der Waals surface area contributed by atoms with E-state index in [9.17, 15) is 9.59 Å². The third kappa shape index (κ3) is 3.97. The highest BCUT2D eigenvalue weighted by Crippen LogP contribution is 2.29. The topological polar surface area (TPSA) is 58.6 Å². The van der Waals surface area contributed by atoms with Crippen molar-refractivity contribution in [1.82, 2.24) is 4.90 Å². The van der Waals surface area contributed by atoms with Gasteiger partial charge in [-0.25, -0.2) is 0 Å². The Bertz CT molecular complexity index is 624. The standard InChI is InChI=1S/C18H21ClN2O3/c19-13-5-7-14(8-6-13)20-17(22)15-3-1-2-4-16(15)18(23)21-9-11-24-12-10-21/h1-2,5-8,15-16H,3-4,9-12H2,(H,20,22). The largest absolute Gasteiger partial charge is 0.378 e. The number of halogens is 1. The maximum Gasteiger partial charge on any atom is 0.228 e. The van der Waals surface area contributed by atoms with Crippen LogP contribution in [0.4, 0.5) is 5.69 Å².